The van der Waals surface area contributed by atoms with Crippen LogP contribution in [0.2, 0.25) is 0 Å². The molecule has 0 aliphatic heterocycles. The van der Waals surface area contributed by atoms with Crippen LogP contribution in [0.3, 0.4) is 0 Å². The van der Waals surface area contributed by atoms with Crippen LogP contribution in [-0.4, -0.2) is 16.9 Å². The van der Waals surface area contributed by atoms with Gasteiger partial charge in [0.15, 0.2) is 0 Å². The van der Waals surface area contributed by atoms with Gasteiger partial charge in [0.2, 0.25) is 0 Å². The van der Waals surface area contributed by atoms with Crippen molar-refractivity contribution in [2.75, 3.05) is 7.11 Å². The topological polar surface area (TPSA) is 44.1 Å². The summed E-state index contributed by atoms with van der Waals surface area (Å²) in [5, 5.41) is 4.88. The first-order valence-electron chi connectivity index (χ1n) is 12.1. The summed E-state index contributed by atoms with van der Waals surface area (Å²) < 4.78 is 7.26. The van der Waals surface area contributed by atoms with Crippen molar-refractivity contribution < 1.29 is 4.74 Å². The van der Waals surface area contributed by atoms with Gasteiger partial charge in [-0.2, -0.15) is 5.10 Å². The van der Waals surface area contributed by atoms with E-state index in [1.165, 1.54) is 22.3 Å². The Balaban J connectivity index is 1.44. The number of ether oxygens (including phenoxy) is 1. The Hall–Kier alpha value is -3.66. The quantitative estimate of drug-likeness (QED) is 0.350. The van der Waals surface area contributed by atoms with Gasteiger partial charge < -0.3 is 4.74 Å². The van der Waals surface area contributed by atoms with Crippen molar-refractivity contribution in [2.24, 2.45) is 0 Å². The van der Waals surface area contributed by atoms with Gasteiger partial charge in [0.1, 0.15) is 5.75 Å². The maximum atomic E-state index is 12.8. The molecule has 0 spiro atoms. The van der Waals surface area contributed by atoms with E-state index < -0.39 is 0 Å². The first-order valence-corrected chi connectivity index (χ1v) is 12.1. The molecular formula is C30H30N2O2. The van der Waals surface area contributed by atoms with E-state index in [4.69, 9.17) is 9.84 Å². The highest BCUT2D eigenvalue weighted by Gasteiger charge is 2.23. The predicted octanol–water partition coefficient (Wildman–Crippen LogP) is 5.94. The van der Waals surface area contributed by atoms with Crippen molar-refractivity contribution in [3.05, 3.63) is 129 Å². The minimum absolute atomic E-state index is 0.0195. The number of nitrogens with zero attached hydrogens (tertiary/aromatic N) is 2. The van der Waals surface area contributed by atoms with E-state index in [0.29, 0.717) is 12.5 Å². The summed E-state index contributed by atoms with van der Waals surface area (Å²) in [5.41, 5.74) is 5.86. The Bertz CT molecular complexity index is 1260. The van der Waals surface area contributed by atoms with Crippen LogP contribution in [0.4, 0.5) is 0 Å². The van der Waals surface area contributed by atoms with E-state index in [1.54, 1.807) is 17.9 Å². The van der Waals surface area contributed by atoms with Crippen LogP contribution in [0.1, 0.15) is 59.0 Å². The number of hydrogen-bond acceptors (Lipinski definition) is 3. The third kappa shape index (κ3) is 4.54. The number of hydrogen-bond donors (Lipinski definition) is 0. The van der Waals surface area contributed by atoms with Crippen molar-refractivity contribution >= 4 is 0 Å². The molecule has 0 fully saturated rings. The molecule has 1 unspecified atom stereocenters. The third-order valence-corrected chi connectivity index (χ3v) is 6.95. The normalized spacial score (nSPS) is 15.2. The van der Waals surface area contributed by atoms with Crippen molar-refractivity contribution in [1.82, 2.24) is 9.78 Å². The van der Waals surface area contributed by atoms with Crippen molar-refractivity contribution in [2.45, 2.75) is 44.1 Å². The Morgan fingerprint density at radius 2 is 1.62 bits per heavy atom. The summed E-state index contributed by atoms with van der Waals surface area (Å²) in [6.07, 6.45) is 4.22. The average molecular weight is 451 g/mol. The molecule has 1 aliphatic carbocycles. The van der Waals surface area contributed by atoms with E-state index in [-0.39, 0.29) is 11.5 Å². The molecule has 4 heteroatoms. The summed E-state index contributed by atoms with van der Waals surface area (Å²) in [6.45, 7) is 0.601. The van der Waals surface area contributed by atoms with Crippen LogP contribution in [-0.2, 0) is 13.0 Å². The number of benzene rings is 3. The second-order valence-corrected chi connectivity index (χ2v) is 8.98. The fraction of sp³-hybridized carbons (Fsp3) is 0.267. The van der Waals surface area contributed by atoms with Gasteiger partial charge in [-0.25, -0.2) is 4.68 Å². The smallest absolute Gasteiger partial charge is 0.266 e. The standard InChI is InChI=1S/C30H30N2O2/c1-34-28-17-9-15-25-22(14-8-16-26(25)28)20-21-32-29(33)19-18-27(31-32)30(23-10-4-2-5-11-23)24-12-6-3-7-13-24/h2-7,9-13,15,17-19,22,30H,8,14,16,20-21H2,1H3. The van der Waals surface area contributed by atoms with Crippen LogP contribution in [0.25, 0.3) is 0 Å². The average Bonchev–Trinajstić information content (AvgIpc) is 2.90. The fourth-order valence-corrected chi connectivity index (χ4v) is 5.29. The van der Waals surface area contributed by atoms with Crippen molar-refractivity contribution in [3.8, 4) is 5.75 Å². The molecule has 1 aromatic heterocycles. The van der Waals surface area contributed by atoms with Crippen LogP contribution < -0.4 is 10.3 Å². The molecular weight excluding hydrogens is 420 g/mol. The number of aromatic nitrogens is 2. The molecule has 0 N–H and O–H groups in total. The van der Waals surface area contributed by atoms with Crippen LogP contribution >= 0.6 is 0 Å². The van der Waals surface area contributed by atoms with Crippen LogP contribution in [0, 0.1) is 0 Å². The second-order valence-electron chi connectivity index (χ2n) is 8.98. The Morgan fingerprint density at radius 1 is 0.912 bits per heavy atom. The Kier molecular flexibility index (Phi) is 6.57. The van der Waals surface area contributed by atoms with Crippen molar-refractivity contribution in [1.29, 1.82) is 0 Å². The second kappa shape index (κ2) is 10.1. The molecule has 1 atom stereocenters. The largest absolute Gasteiger partial charge is 0.496 e. The van der Waals surface area contributed by atoms with E-state index in [9.17, 15) is 4.79 Å². The molecule has 172 valence electrons. The summed E-state index contributed by atoms with van der Waals surface area (Å²) in [6, 6.07) is 30.6. The SMILES string of the molecule is COc1cccc2c1CCCC2CCn1nc(C(c2ccccc2)c2ccccc2)ccc1=O. The van der Waals surface area contributed by atoms with Gasteiger partial charge in [0.25, 0.3) is 5.56 Å². The molecule has 4 aromatic rings. The van der Waals surface area contributed by atoms with Crippen LogP contribution in [0.5, 0.6) is 5.75 Å². The Morgan fingerprint density at radius 3 is 2.29 bits per heavy atom. The lowest BCUT2D eigenvalue weighted by Gasteiger charge is -2.27. The first-order chi connectivity index (χ1) is 16.7. The number of rotatable bonds is 7. The molecule has 1 aliphatic rings. The summed E-state index contributed by atoms with van der Waals surface area (Å²) in [5.74, 6) is 1.37. The molecule has 0 bridgehead atoms. The van der Waals surface area contributed by atoms with E-state index in [1.807, 2.05) is 24.3 Å². The van der Waals surface area contributed by atoms with Gasteiger partial charge in [-0.05, 0) is 66.0 Å². The number of aryl methyl sites for hydroxylation is 1. The van der Waals surface area contributed by atoms with Gasteiger partial charge in [-0.15, -0.1) is 0 Å². The van der Waals surface area contributed by atoms with E-state index in [2.05, 4.69) is 60.7 Å². The lowest BCUT2D eigenvalue weighted by molar-refractivity contribution is 0.397. The summed E-state index contributed by atoms with van der Waals surface area (Å²) in [7, 11) is 1.74. The van der Waals surface area contributed by atoms with Crippen molar-refractivity contribution in [3.63, 3.8) is 0 Å². The maximum absolute atomic E-state index is 12.8. The zero-order valence-electron chi connectivity index (χ0n) is 19.6. The van der Waals surface area contributed by atoms with E-state index in [0.717, 1.165) is 37.1 Å². The Labute approximate surface area is 200 Å². The van der Waals surface area contributed by atoms with Gasteiger partial charge >= 0.3 is 0 Å². The zero-order valence-corrected chi connectivity index (χ0v) is 19.6. The number of fused-ring (bicyclic) bond motifs is 1. The summed E-state index contributed by atoms with van der Waals surface area (Å²) in [4.78, 5) is 12.8. The minimum Gasteiger partial charge on any atom is -0.496 e. The molecule has 0 amide bonds. The van der Waals surface area contributed by atoms with Gasteiger partial charge in [-0.1, -0.05) is 72.8 Å². The molecule has 34 heavy (non-hydrogen) atoms. The zero-order chi connectivity index (χ0) is 23.3. The predicted molar refractivity (Wildman–Crippen MR) is 136 cm³/mol. The highest BCUT2D eigenvalue weighted by Crippen LogP contribution is 2.38. The fourth-order valence-electron chi connectivity index (χ4n) is 5.29. The van der Waals surface area contributed by atoms with Gasteiger partial charge in [-0.3, -0.25) is 4.79 Å². The molecule has 3 aromatic carbocycles. The highest BCUT2D eigenvalue weighted by molar-refractivity contribution is 5.44. The molecule has 1 heterocycles. The molecule has 4 nitrogen and oxygen atoms in total. The minimum atomic E-state index is -0.0506. The lowest BCUT2D eigenvalue weighted by atomic mass is 9.80. The lowest BCUT2D eigenvalue weighted by Crippen LogP contribution is -2.25. The monoisotopic (exact) mass is 450 g/mol. The third-order valence-electron chi connectivity index (χ3n) is 6.95. The van der Waals surface area contributed by atoms with Gasteiger partial charge in [0.05, 0.1) is 18.7 Å². The molecule has 0 radical (unpaired) electrons. The highest BCUT2D eigenvalue weighted by atomic mass is 16.5. The maximum Gasteiger partial charge on any atom is 0.266 e. The molecule has 0 saturated carbocycles. The summed E-state index contributed by atoms with van der Waals surface area (Å²) >= 11 is 0. The van der Waals surface area contributed by atoms with Gasteiger partial charge in [0, 0.05) is 12.6 Å². The van der Waals surface area contributed by atoms with Crippen LogP contribution in [0.15, 0.2) is 95.8 Å². The number of methoxy groups -OCH3 is 1. The molecule has 5 rings (SSSR count). The first kappa shape index (κ1) is 22.1. The van der Waals surface area contributed by atoms with E-state index >= 15 is 0 Å². The molecule has 0 saturated heterocycles.